The zero-order valence-electron chi connectivity index (χ0n) is 19.6. The van der Waals surface area contributed by atoms with Gasteiger partial charge in [0, 0.05) is 19.6 Å². The van der Waals surface area contributed by atoms with Crippen LogP contribution in [0.3, 0.4) is 0 Å². The second kappa shape index (κ2) is 10.7. The first-order valence-corrected chi connectivity index (χ1v) is 11.5. The van der Waals surface area contributed by atoms with Crippen LogP contribution >= 0.6 is 0 Å². The highest BCUT2D eigenvalue weighted by Crippen LogP contribution is 2.24. The summed E-state index contributed by atoms with van der Waals surface area (Å²) in [6, 6.07) is 14.0. The van der Waals surface area contributed by atoms with Crippen LogP contribution in [0.1, 0.15) is 51.2 Å². The van der Waals surface area contributed by atoms with Crippen LogP contribution in [-0.2, 0) is 17.8 Å². The van der Waals surface area contributed by atoms with Gasteiger partial charge in [0.25, 0.3) is 0 Å². The summed E-state index contributed by atoms with van der Waals surface area (Å²) in [6.45, 7) is 7.01. The molecule has 1 saturated heterocycles. The molecule has 178 valence electrons. The van der Waals surface area contributed by atoms with Gasteiger partial charge in [-0.3, -0.25) is 0 Å². The number of carbonyl (C=O) groups excluding carboxylic acids is 1. The molecule has 0 aliphatic carbocycles. The maximum atomic E-state index is 13.2. The fourth-order valence-corrected chi connectivity index (χ4v) is 4.08. The lowest BCUT2D eigenvalue weighted by Gasteiger charge is -2.23. The predicted octanol–water partition coefficient (Wildman–Crippen LogP) is 5.11. The van der Waals surface area contributed by atoms with Crippen molar-refractivity contribution in [2.45, 2.75) is 64.6 Å². The molecule has 2 aromatic carbocycles. The SMILES string of the molecule is CCCN1C(=O)N(Cc2ccc(F)cc2)CC1CCCc1ccc(OC(C)(C)C(=O)O)cc1. The second-order valence-electron chi connectivity index (χ2n) is 9.09. The Morgan fingerprint density at radius 2 is 1.76 bits per heavy atom. The smallest absolute Gasteiger partial charge is 0.347 e. The number of hydrogen-bond acceptors (Lipinski definition) is 3. The average Bonchev–Trinajstić information content (AvgIpc) is 3.05. The minimum atomic E-state index is -1.28. The number of urea groups is 1. The molecule has 0 spiro atoms. The van der Waals surface area contributed by atoms with Crippen molar-refractivity contribution in [2.75, 3.05) is 13.1 Å². The zero-order valence-corrected chi connectivity index (χ0v) is 19.6. The molecule has 1 aliphatic heterocycles. The number of nitrogens with zero attached hydrogens (tertiary/aromatic N) is 2. The number of ether oxygens (including phenoxy) is 1. The van der Waals surface area contributed by atoms with Gasteiger partial charge in [-0.25, -0.2) is 14.0 Å². The fraction of sp³-hybridized carbons (Fsp3) is 0.462. The van der Waals surface area contributed by atoms with Crippen molar-refractivity contribution in [3.8, 4) is 5.75 Å². The summed E-state index contributed by atoms with van der Waals surface area (Å²) in [5, 5.41) is 9.20. The van der Waals surface area contributed by atoms with Crippen molar-refractivity contribution in [3.05, 3.63) is 65.5 Å². The number of aryl methyl sites for hydroxylation is 1. The van der Waals surface area contributed by atoms with Crippen LogP contribution in [0.5, 0.6) is 5.75 Å². The Hall–Kier alpha value is -3.09. The molecule has 1 unspecified atom stereocenters. The molecule has 3 rings (SSSR count). The van der Waals surface area contributed by atoms with Gasteiger partial charge in [-0.2, -0.15) is 0 Å². The van der Waals surface area contributed by atoms with Crippen molar-refractivity contribution in [3.63, 3.8) is 0 Å². The molecular weight excluding hydrogens is 423 g/mol. The van der Waals surface area contributed by atoms with Crippen LogP contribution in [0.4, 0.5) is 9.18 Å². The molecule has 1 fully saturated rings. The van der Waals surface area contributed by atoms with Gasteiger partial charge in [-0.05, 0) is 74.9 Å². The Labute approximate surface area is 195 Å². The average molecular weight is 457 g/mol. The molecule has 0 bridgehead atoms. The van der Waals surface area contributed by atoms with Crippen LogP contribution in [0.25, 0.3) is 0 Å². The molecule has 2 amide bonds. The van der Waals surface area contributed by atoms with Gasteiger partial charge in [0.15, 0.2) is 5.60 Å². The first kappa shape index (κ1) is 24.6. The van der Waals surface area contributed by atoms with E-state index < -0.39 is 11.6 Å². The van der Waals surface area contributed by atoms with Crippen LogP contribution in [0.15, 0.2) is 48.5 Å². The van der Waals surface area contributed by atoms with E-state index in [1.54, 1.807) is 24.3 Å². The molecule has 6 nitrogen and oxygen atoms in total. The fourth-order valence-electron chi connectivity index (χ4n) is 4.08. The van der Waals surface area contributed by atoms with E-state index in [0.717, 1.165) is 43.4 Å². The molecule has 7 heteroatoms. The van der Waals surface area contributed by atoms with Gasteiger partial charge < -0.3 is 19.6 Å². The zero-order chi connectivity index (χ0) is 24.0. The number of rotatable bonds is 11. The lowest BCUT2D eigenvalue weighted by Crippen LogP contribution is -2.37. The van der Waals surface area contributed by atoms with Gasteiger partial charge in [-0.15, -0.1) is 0 Å². The van der Waals surface area contributed by atoms with E-state index in [1.807, 2.05) is 21.9 Å². The molecule has 1 heterocycles. The maximum absolute atomic E-state index is 13.2. The summed E-state index contributed by atoms with van der Waals surface area (Å²) < 4.78 is 18.7. The molecule has 1 aliphatic rings. The minimum Gasteiger partial charge on any atom is -0.478 e. The Morgan fingerprint density at radius 3 is 2.36 bits per heavy atom. The van der Waals surface area contributed by atoms with Crippen molar-refractivity contribution < 1.29 is 23.8 Å². The second-order valence-corrected chi connectivity index (χ2v) is 9.09. The monoisotopic (exact) mass is 456 g/mol. The van der Waals surface area contributed by atoms with Gasteiger partial charge in [0.1, 0.15) is 11.6 Å². The number of carbonyl (C=O) groups is 2. The van der Waals surface area contributed by atoms with Gasteiger partial charge in [0.2, 0.25) is 0 Å². The summed E-state index contributed by atoms with van der Waals surface area (Å²) in [5.74, 6) is -0.761. The summed E-state index contributed by atoms with van der Waals surface area (Å²) in [4.78, 5) is 28.0. The molecule has 1 N–H and O–H groups in total. The molecule has 0 radical (unpaired) electrons. The van der Waals surface area contributed by atoms with E-state index in [0.29, 0.717) is 18.8 Å². The minimum absolute atomic E-state index is 0.0497. The maximum Gasteiger partial charge on any atom is 0.347 e. The van der Waals surface area contributed by atoms with E-state index in [1.165, 1.54) is 26.0 Å². The highest BCUT2D eigenvalue weighted by molar-refractivity contribution is 5.77. The molecule has 0 saturated carbocycles. The predicted molar refractivity (Wildman–Crippen MR) is 125 cm³/mol. The van der Waals surface area contributed by atoms with E-state index in [9.17, 15) is 19.1 Å². The van der Waals surface area contributed by atoms with E-state index in [2.05, 4.69) is 6.92 Å². The van der Waals surface area contributed by atoms with Gasteiger partial charge in [-0.1, -0.05) is 31.2 Å². The number of aliphatic carboxylic acids is 1. The van der Waals surface area contributed by atoms with E-state index in [4.69, 9.17) is 4.74 Å². The highest BCUT2D eigenvalue weighted by atomic mass is 19.1. The Balaban J connectivity index is 1.54. The summed E-state index contributed by atoms with van der Waals surface area (Å²) in [5.41, 5.74) is 0.791. The number of carboxylic acid groups (broad SMARTS) is 1. The normalized spacial score (nSPS) is 16.4. The Kier molecular flexibility index (Phi) is 7.95. The number of benzene rings is 2. The lowest BCUT2D eigenvalue weighted by atomic mass is 10.0. The van der Waals surface area contributed by atoms with E-state index >= 15 is 0 Å². The molecule has 33 heavy (non-hydrogen) atoms. The summed E-state index contributed by atoms with van der Waals surface area (Å²) in [6.07, 6.45) is 3.60. The van der Waals surface area contributed by atoms with Crippen molar-refractivity contribution in [1.29, 1.82) is 0 Å². The standard InChI is InChI=1S/C26H33FN2O4/c1-4-16-29-22(18-28(25(29)32)17-20-8-12-21(27)13-9-20)7-5-6-19-10-14-23(15-11-19)33-26(2,3)24(30)31/h8-15,22H,4-7,16-18H2,1-3H3,(H,30,31). The van der Waals surface area contributed by atoms with Crippen LogP contribution in [-0.4, -0.2) is 51.6 Å². The Morgan fingerprint density at radius 1 is 1.12 bits per heavy atom. The first-order valence-electron chi connectivity index (χ1n) is 11.5. The van der Waals surface area contributed by atoms with Gasteiger partial charge >= 0.3 is 12.0 Å². The van der Waals surface area contributed by atoms with Crippen molar-refractivity contribution in [2.24, 2.45) is 0 Å². The molecular formula is C26H33FN2O4. The third-order valence-corrected chi connectivity index (χ3v) is 5.95. The molecule has 2 aromatic rings. The quantitative estimate of drug-likeness (QED) is 0.510. The molecule has 0 aromatic heterocycles. The third-order valence-electron chi connectivity index (χ3n) is 5.95. The van der Waals surface area contributed by atoms with Gasteiger partial charge in [0.05, 0.1) is 6.04 Å². The largest absolute Gasteiger partial charge is 0.478 e. The topological polar surface area (TPSA) is 70.1 Å². The van der Waals surface area contributed by atoms with Crippen molar-refractivity contribution >= 4 is 12.0 Å². The highest BCUT2D eigenvalue weighted by Gasteiger charge is 2.36. The summed E-state index contributed by atoms with van der Waals surface area (Å²) >= 11 is 0. The molecule has 1 atom stereocenters. The number of hydrogen-bond donors (Lipinski definition) is 1. The lowest BCUT2D eigenvalue weighted by molar-refractivity contribution is -0.152. The summed E-state index contributed by atoms with van der Waals surface area (Å²) in [7, 11) is 0. The first-order chi connectivity index (χ1) is 15.7. The van der Waals surface area contributed by atoms with Crippen LogP contribution < -0.4 is 4.74 Å². The third kappa shape index (κ3) is 6.46. The van der Waals surface area contributed by atoms with Crippen LogP contribution in [0.2, 0.25) is 0 Å². The van der Waals surface area contributed by atoms with Crippen molar-refractivity contribution in [1.82, 2.24) is 9.80 Å². The number of halogens is 1. The number of carboxylic acids is 1. The Bertz CT molecular complexity index is 944. The van der Waals surface area contributed by atoms with Crippen LogP contribution in [0, 0.1) is 5.82 Å². The number of amides is 2. The van der Waals surface area contributed by atoms with E-state index in [-0.39, 0.29) is 17.9 Å².